The van der Waals surface area contributed by atoms with Crippen molar-refractivity contribution in [2.45, 2.75) is 20.8 Å². The molecule has 0 heteroatoms. The molecule has 0 saturated heterocycles. The molecule has 0 nitrogen and oxygen atoms in total. The first kappa shape index (κ1) is 13.4. The zero-order valence-electron chi connectivity index (χ0n) is 11.9. The predicted octanol–water partition coefficient (Wildman–Crippen LogP) is 5.64. The van der Waals surface area contributed by atoms with E-state index >= 15 is 0 Å². The van der Waals surface area contributed by atoms with Crippen molar-refractivity contribution in [3.63, 3.8) is 0 Å². The third-order valence-corrected chi connectivity index (χ3v) is 3.23. The molecule has 0 heterocycles. The van der Waals surface area contributed by atoms with Gasteiger partial charge in [-0.1, -0.05) is 72.3 Å². The summed E-state index contributed by atoms with van der Waals surface area (Å²) in [7, 11) is 0. The quantitative estimate of drug-likeness (QED) is 0.616. The highest BCUT2D eigenvalue weighted by Crippen LogP contribution is 2.23. The summed E-state index contributed by atoms with van der Waals surface area (Å²) in [4.78, 5) is 0. The van der Waals surface area contributed by atoms with Crippen LogP contribution in [0.3, 0.4) is 0 Å². The van der Waals surface area contributed by atoms with Crippen molar-refractivity contribution in [3.8, 4) is 11.1 Å². The monoisotopic (exact) mass is 248 g/mol. The molecule has 0 atom stereocenters. The fourth-order valence-corrected chi connectivity index (χ4v) is 2.22. The topological polar surface area (TPSA) is 0 Å². The summed E-state index contributed by atoms with van der Waals surface area (Å²) in [6.45, 7) is 6.25. The summed E-state index contributed by atoms with van der Waals surface area (Å²) >= 11 is 0. The summed E-state index contributed by atoms with van der Waals surface area (Å²) in [5.41, 5.74) is 6.36. The second-order valence-electron chi connectivity index (χ2n) is 4.69. The third kappa shape index (κ3) is 3.23. The maximum Gasteiger partial charge on any atom is -0.0181 e. The number of hydrogen-bond acceptors (Lipinski definition) is 0. The molecule has 0 fully saturated rings. The number of rotatable bonds is 3. The standard InChI is InChI=1S/C19H20/c1-4-7-16(5-2)17-10-12-18(13-11-17)19-9-6-8-15(3)14-19/h4-14H,1-3H3/b7-4-,16-5+. The Bertz CT molecular complexity index is 598. The molecular weight excluding hydrogens is 228 g/mol. The Hall–Kier alpha value is -2.08. The molecule has 2 rings (SSSR count). The van der Waals surface area contributed by atoms with Crippen molar-refractivity contribution in [1.29, 1.82) is 0 Å². The van der Waals surface area contributed by atoms with Gasteiger partial charge in [-0.3, -0.25) is 0 Å². The van der Waals surface area contributed by atoms with Crippen LogP contribution in [0.2, 0.25) is 0 Å². The van der Waals surface area contributed by atoms with Gasteiger partial charge in [0.15, 0.2) is 0 Å². The van der Waals surface area contributed by atoms with E-state index in [9.17, 15) is 0 Å². The largest absolute Gasteiger partial charge is 0.0871 e. The van der Waals surface area contributed by atoms with Gasteiger partial charge in [-0.25, -0.2) is 0 Å². The van der Waals surface area contributed by atoms with Gasteiger partial charge in [0.05, 0.1) is 0 Å². The van der Waals surface area contributed by atoms with Crippen LogP contribution in [0.4, 0.5) is 0 Å². The molecule has 0 radical (unpaired) electrons. The molecule has 19 heavy (non-hydrogen) atoms. The minimum atomic E-state index is 1.26. The number of hydrogen-bond donors (Lipinski definition) is 0. The molecule has 0 bridgehead atoms. The molecule has 0 saturated carbocycles. The maximum absolute atomic E-state index is 2.22. The van der Waals surface area contributed by atoms with Gasteiger partial charge in [0, 0.05) is 0 Å². The van der Waals surface area contributed by atoms with Crippen molar-refractivity contribution in [1.82, 2.24) is 0 Å². The van der Waals surface area contributed by atoms with Crippen LogP contribution in [0.25, 0.3) is 16.7 Å². The fourth-order valence-electron chi connectivity index (χ4n) is 2.22. The van der Waals surface area contributed by atoms with Gasteiger partial charge in [-0.2, -0.15) is 0 Å². The summed E-state index contributed by atoms with van der Waals surface area (Å²) in [6, 6.07) is 17.4. The van der Waals surface area contributed by atoms with Crippen molar-refractivity contribution < 1.29 is 0 Å². The van der Waals surface area contributed by atoms with Gasteiger partial charge in [0.2, 0.25) is 0 Å². The van der Waals surface area contributed by atoms with E-state index in [4.69, 9.17) is 0 Å². The Morgan fingerprint density at radius 3 is 2.21 bits per heavy atom. The first-order valence-corrected chi connectivity index (χ1v) is 6.71. The Kier molecular flexibility index (Phi) is 4.35. The molecule has 0 aliphatic rings. The van der Waals surface area contributed by atoms with Crippen LogP contribution in [0, 0.1) is 6.92 Å². The van der Waals surface area contributed by atoms with E-state index in [-0.39, 0.29) is 0 Å². The summed E-state index contributed by atoms with van der Waals surface area (Å²) < 4.78 is 0. The molecular formula is C19H20. The first-order valence-electron chi connectivity index (χ1n) is 6.71. The lowest BCUT2D eigenvalue weighted by atomic mass is 9.99. The molecule has 0 unspecified atom stereocenters. The first-order chi connectivity index (χ1) is 9.24. The third-order valence-electron chi connectivity index (χ3n) is 3.23. The van der Waals surface area contributed by atoms with Crippen molar-refractivity contribution >= 4 is 5.57 Å². The lowest BCUT2D eigenvalue weighted by Crippen LogP contribution is -1.83. The molecule has 2 aromatic rings. The van der Waals surface area contributed by atoms with E-state index in [1.807, 2.05) is 6.92 Å². The second kappa shape index (κ2) is 6.19. The highest BCUT2D eigenvalue weighted by molar-refractivity contribution is 5.75. The van der Waals surface area contributed by atoms with E-state index in [0.29, 0.717) is 0 Å². The number of aryl methyl sites for hydroxylation is 1. The Labute approximate surface area is 116 Å². The van der Waals surface area contributed by atoms with Crippen LogP contribution in [0.1, 0.15) is 25.0 Å². The van der Waals surface area contributed by atoms with Gasteiger partial charge in [-0.15, -0.1) is 0 Å². The number of allylic oxidation sites excluding steroid dienone is 4. The molecule has 96 valence electrons. The SMILES string of the molecule is C/C=C\C(=C/C)c1ccc(-c2cccc(C)c2)cc1. The Balaban J connectivity index is 2.33. The van der Waals surface area contributed by atoms with E-state index in [2.05, 4.69) is 80.6 Å². The summed E-state index contributed by atoms with van der Waals surface area (Å²) in [5.74, 6) is 0. The summed E-state index contributed by atoms with van der Waals surface area (Å²) in [6.07, 6.45) is 6.35. The Morgan fingerprint density at radius 1 is 0.895 bits per heavy atom. The summed E-state index contributed by atoms with van der Waals surface area (Å²) in [5, 5.41) is 0. The van der Waals surface area contributed by atoms with E-state index < -0.39 is 0 Å². The molecule has 0 N–H and O–H groups in total. The van der Waals surface area contributed by atoms with Crippen LogP contribution < -0.4 is 0 Å². The minimum Gasteiger partial charge on any atom is -0.0871 e. The normalized spacial score (nSPS) is 12.1. The smallest absolute Gasteiger partial charge is 0.0181 e. The van der Waals surface area contributed by atoms with Gasteiger partial charge in [0.1, 0.15) is 0 Å². The van der Waals surface area contributed by atoms with Crippen LogP contribution in [-0.2, 0) is 0 Å². The zero-order chi connectivity index (χ0) is 13.7. The van der Waals surface area contributed by atoms with Gasteiger partial charge in [0.25, 0.3) is 0 Å². The predicted molar refractivity (Wildman–Crippen MR) is 85.1 cm³/mol. The maximum atomic E-state index is 2.22. The molecule has 2 aromatic carbocycles. The van der Waals surface area contributed by atoms with Crippen molar-refractivity contribution in [3.05, 3.63) is 77.9 Å². The lowest BCUT2D eigenvalue weighted by molar-refractivity contribution is 1.46. The molecule has 0 aromatic heterocycles. The van der Waals surface area contributed by atoms with E-state index in [0.717, 1.165) is 0 Å². The van der Waals surface area contributed by atoms with Crippen LogP contribution in [0.15, 0.2) is 66.8 Å². The number of benzene rings is 2. The van der Waals surface area contributed by atoms with Gasteiger partial charge < -0.3 is 0 Å². The van der Waals surface area contributed by atoms with Gasteiger partial charge >= 0.3 is 0 Å². The van der Waals surface area contributed by atoms with Crippen LogP contribution >= 0.6 is 0 Å². The average molecular weight is 248 g/mol. The zero-order valence-corrected chi connectivity index (χ0v) is 11.9. The molecule has 0 spiro atoms. The van der Waals surface area contributed by atoms with Crippen LogP contribution in [-0.4, -0.2) is 0 Å². The van der Waals surface area contributed by atoms with Crippen molar-refractivity contribution in [2.24, 2.45) is 0 Å². The lowest BCUT2D eigenvalue weighted by Gasteiger charge is -2.06. The van der Waals surface area contributed by atoms with Crippen LogP contribution in [0.5, 0.6) is 0 Å². The molecule has 0 aliphatic carbocycles. The van der Waals surface area contributed by atoms with E-state index in [1.54, 1.807) is 0 Å². The molecule has 0 amide bonds. The van der Waals surface area contributed by atoms with Gasteiger partial charge in [-0.05, 0) is 43.0 Å². The average Bonchev–Trinajstić information content (AvgIpc) is 2.45. The van der Waals surface area contributed by atoms with Crippen molar-refractivity contribution in [2.75, 3.05) is 0 Å². The second-order valence-corrected chi connectivity index (χ2v) is 4.69. The minimum absolute atomic E-state index is 1.26. The Morgan fingerprint density at radius 2 is 1.63 bits per heavy atom. The highest BCUT2D eigenvalue weighted by Gasteiger charge is 2.00. The molecule has 0 aliphatic heterocycles. The van der Waals surface area contributed by atoms with E-state index in [1.165, 1.54) is 27.8 Å². The fraction of sp³-hybridized carbons (Fsp3) is 0.158. The highest BCUT2D eigenvalue weighted by atomic mass is 14.0.